The van der Waals surface area contributed by atoms with Crippen LogP contribution in [0.25, 0.3) is 0 Å². The number of nitrogens with zero attached hydrogens (tertiary/aromatic N) is 1. The number of hydrogen-bond donors (Lipinski definition) is 2. The van der Waals surface area contributed by atoms with Crippen LogP contribution in [0.3, 0.4) is 0 Å². The number of amides is 1. The van der Waals surface area contributed by atoms with Gasteiger partial charge in [0.1, 0.15) is 0 Å². The average molecular weight is 418 g/mol. The second-order valence-corrected chi connectivity index (χ2v) is 7.41. The number of alkyl halides is 1. The van der Waals surface area contributed by atoms with Crippen molar-refractivity contribution in [1.29, 1.82) is 0 Å². The van der Waals surface area contributed by atoms with E-state index >= 15 is 4.39 Å². The molecule has 0 radical (unpaired) electrons. The Hall–Kier alpha value is -1.40. The number of aliphatic hydroxyl groups excluding tert-OH is 1. The van der Waals surface area contributed by atoms with E-state index in [4.69, 9.17) is 34.8 Å². The summed E-state index contributed by atoms with van der Waals surface area (Å²) in [5, 5.41) is 13.3. The Labute approximate surface area is 165 Å². The van der Waals surface area contributed by atoms with Gasteiger partial charge in [-0.3, -0.25) is 9.78 Å². The molecule has 1 heterocycles. The van der Waals surface area contributed by atoms with E-state index < -0.39 is 23.7 Å². The van der Waals surface area contributed by atoms with Gasteiger partial charge in [0.05, 0.1) is 32.9 Å². The van der Waals surface area contributed by atoms with Crippen molar-refractivity contribution in [3.63, 3.8) is 0 Å². The van der Waals surface area contributed by atoms with Crippen molar-refractivity contribution in [3.05, 3.63) is 62.4 Å². The van der Waals surface area contributed by atoms with Crippen LogP contribution in [-0.4, -0.2) is 16.0 Å². The fourth-order valence-electron chi connectivity index (χ4n) is 3.13. The molecule has 1 amide bonds. The molecule has 26 heavy (non-hydrogen) atoms. The van der Waals surface area contributed by atoms with Crippen LogP contribution in [0.5, 0.6) is 0 Å². The molecular formula is C18H16Cl3FN2O2. The minimum atomic E-state index is -2.28. The van der Waals surface area contributed by atoms with Gasteiger partial charge >= 0.3 is 0 Å². The lowest BCUT2D eigenvalue weighted by Crippen LogP contribution is -2.45. The Bertz CT molecular complexity index is 864. The fraction of sp³-hybridized carbons (Fsp3) is 0.333. The molecule has 1 aromatic heterocycles. The summed E-state index contributed by atoms with van der Waals surface area (Å²) < 4.78 is 15.6. The topological polar surface area (TPSA) is 62.2 Å². The highest BCUT2D eigenvalue weighted by Gasteiger charge is 2.47. The van der Waals surface area contributed by atoms with Gasteiger partial charge in [-0.2, -0.15) is 0 Å². The molecule has 8 heteroatoms. The van der Waals surface area contributed by atoms with Crippen LogP contribution < -0.4 is 5.32 Å². The van der Waals surface area contributed by atoms with E-state index in [0.29, 0.717) is 10.6 Å². The molecule has 2 aromatic rings. The zero-order valence-corrected chi connectivity index (χ0v) is 16.0. The van der Waals surface area contributed by atoms with Crippen LogP contribution in [-0.2, 0) is 10.5 Å². The van der Waals surface area contributed by atoms with Gasteiger partial charge in [0, 0.05) is 11.8 Å². The maximum Gasteiger partial charge on any atom is 0.262 e. The molecular weight excluding hydrogens is 402 g/mol. The first-order chi connectivity index (χ1) is 12.3. The molecule has 0 saturated heterocycles. The first-order valence-corrected chi connectivity index (χ1v) is 9.16. The third-order valence-corrected chi connectivity index (χ3v) is 5.89. The third kappa shape index (κ3) is 3.29. The molecule has 1 aliphatic carbocycles. The largest absolute Gasteiger partial charge is 0.387 e. The SMILES string of the molecule is CC(NC(=O)[C@]1(F)CC[C@H](O)c2ncccc21)c1ccc(Cl)c(Cl)c1Cl. The molecule has 2 N–H and O–H groups in total. The maximum absolute atomic E-state index is 15.6. The second kappa shape index (κ2) is 7.31. The quantitative estimate of drug-likeness (QED) is 0.697. The lowest BCUT2D eigenvalue weighted by molar-refractivity contribution is -0.136. The predicted molar refractivity (Wildman–Crippen MR) is 99.2 cm³/mol. The fourth-order valence-corrected chi connectivity index (χ4v) is 3.83. The molecule has 138 valence electrons. The average Bonchev–Trinajstić information content (AvgIpc) is 2.63. The lowest BCUT2D eigenvalue weighted by atomic mass is 9.80. The number of benzene rings is 1. The van der Waals surface area contributed by atoms with Crippen molar-refractivity contribution in [2.75, 3.05) is 0 Å². The van der Waals surface area contributed by atoms with Crippen molar-refractivity contribution >= 4 is 40.7 Å². The highest BCUT2D eigenvalue weighted by atomic mass is 35.5. The molecule has 3 rings (SSSR count). The number of nitrogens with one attached hydrogen (secondary N) is 1. The molecule has 1 unspecified atom stereocenters. The van der Waals surface area contributed by atoms with Crippen molar-refractivity contribution in [2.24, 2.45) is 0 Å². The Morgan fingerprint density at radius 2 is 2.08 bits per heavy atom. The number of carbonyl (C=O) groups is 1. The van der Waals surface area contributed by atoms with Gasteiger partial charge in [0.25, 0.3) is 5.91 Å². The lowest BCUT2D eigenvalue weighted by Gasteiger charge is -2.33. The van der Waals surface area contributed by atoms with Gasteiger partial charge in [0.2, 0.25) is 5.67 Å². The summed E-state index contributed by atoms with van der Waals surface area (Å²) in [6.07, 6.45) is 0.546. The molecule has 0 saturated carbocycles. The highest BCUT2D eigenvalue weighted by Crippen LogP contribution is 2.43. The number of hydrogen-bond acceptors (Lipinski definition) is 3. The molecule has 4 nitrogen and oxygen atoms in total. The molecule has 0 spiro atoms. The zero-order valence-electron chi connectivity index (χ0n) is 13.8. The van der Waals surface area contributed by atoms with Crippen molar-refractivity contribution in [2.45, 2.75) is 37.6 Å². The summed E-state index contributed by atoms with van der Waals surface area (Å²) in [6, 6.07) is 5.62. The van der Waals surface area contributed by atoms with Crippen LogP contribution in [0.4, 0.5) is 4.39 Å². The van der Waals surface area contributed by atoms with Crippen LogP contribution in [0, 0.1) is 0 Å². The summed E-state index contributed by atoms with van der Waals surface area (Å²) in [7, 11) is 0. The second-order valence-electron chi connectivity index (χ2n) is 6.25. The van der Waals surface area contributed by atoms with Crippen LogP contribution in [0.15, 0.2) is 30.5 Å². The molecule has 1 aliphatic rings. The summed E-state index contributed by atoms with van der Waals surface area (Å²) in [4.78, 5) is 16.8. The molecule has 0 fully saturated rings. The Morgan fingerprint density at radius 1 is 1.35 bits per heavy atom. The number of pyridine rings is 1. The Morgan fingerprint density at radius 3 is 2.81 bits per heavy atom. The van der Waals surface area contributed by atoms with Crippen molar-refractivity contribution in [1.82, 2.24) is 10.3 Å². The van der Waals surface area contributed by atoms with E-state index in [1.165, 1.54) is 18.3 Å². The van der Waals surface area contributed by atoms with E-state index in [-0.39, 0.29) is 34.1 Å². The number of aliphatic hydroxyl groups is 1. The normalized spacial score (nSPS) is 23.2. The highest BCUT2D eigenvalue weighted by molar-refractivity contribution is 6.48. The monoisotopic (exact) mass is 416 g/mol. The van der Waals surface area contributed by atoms with E-state index in [1.54, 1.807) is 19.1 Å². The standard InChI is InChI=1S/C18H16Cl3FN2O2/c1-9(10-4-5-12(19)15(21)14(10)20)24-17(26)18(22)7-6-13(25)16-11(18)3-2-8-23-16/h2-5,8-9,13,25H,6-7H2,1H3,(H,24,26)/t9?,13-,18-/m0/s1. The zero-order chi connectivity index (χ0) is 19.1. The minimum Gasteiger partial charge on any atom is -0.387 e. The van der Waals surface area contributed by atoms with E-state index in [2.05, 4.69) is 10.3 Å². The molecule has 0 aliphatic heterocycles. The molecule has 0 bridgehead atoms. The number of halogens is 4. The Balaban J connectivity index is 1.89. The third-order valence-electron chi connectivity index (χ3n) is 4.58. The van der Waals surface area contributed by atoms with Gasteiger partial charge in [-0.25, -0.2) is 4.39 Å². The summed E-state index contributed by atoms with van der Waals surface area (Å²) >= 11 is 18.1. The van der Waals surface area contributed by atoms with E-state index in [0.717, 1.165) is 0 Å². The van der Waals surface area contributed by atoms with E-state index in [1.807, 2.05) is 0 Å². The number of carbonyl (C=O) groups excluding carboxylic acids is 1. The minimum absolute atomic E-state index is 0.0867. The van der Waals surface area contributed by atoms with Crippen molar-refractivity contribution < 1.29 is 14.3 Å². The molecule has 1 aromatic carbocycles. The maximum atomic E-state index is 15.6. The molecule has 3 atom stereocenters. The van der Waals surface area contributed by atoms with Crippen LogP contribution in [0.1, 0.15) is 48.7 Å². The summed E-state index contributed by atoms with van der Waals surface area (Å²) in [5.74, 6) is -0.812. The summed E-state index contributed by atoms with van der Waals surface area (Å²) in [5.41, 5.74) is -1.47. The van der Waals surface area contributed by atoms with Gasteiger partial charge < -0.3 is 10.4 Å². The summed E-state index contributed by atoms with van der Waals surface area (Å²) in [6.45, 7) is 1.68. The number of rotatable bonds is 3. The van der Waals surface area contributed by atoms with Gasteiger partial charge in [-0.05, 0) is 37.5 Å². The van der Waals surface area contributed by atoms with E-state index in [9.17, 15) is 9.90 Å². The predicted octanol–water partition coefficient (Wildman–Crippen LogP) is 4.91. The number of aromatic nitrogens is 1. The van der Waals surface area contributed by atoms with Crippen molar-refractivity contribution in [3.8, 4) is 0 Å². The smallest absolute Gasteiger partial charge is 0.262 e. The number of fused-ring (bicyclic) bond motifs is 1. The first kappa shape index (κ1) is 19.4. The first-order valence-electron chi connectivity index (χ1n) is 8.02. The Kier molecular flexibility index (Phi) is 5.45. The van der Waals surface area contributed by atoms with Gasteiger partial charge in [-0.15, -0.1) is 0 Å². The van der Waals surface area contributed by atoms with Gasteiger partial charge in [0.15, 0.2) is 0 Å². The van der Waals surface area contributed by atoms with Crippen LogP contribution >= 0.6 is 34.8 Å². The van der Waals surface area contributed by atoms with Crippen LogP contribution in [0.2, 0.25) is 15.1 Å². The van der Waals surface area contributed by atoms with Gasteiger partial charge in [-0.1, -0.05) is 46.9 Å².